The van der Waals surface area contributed by atoms with E-state index >= 15 is 0 Å². The molecule has 0 spiro atoms. The highest BCUT2D eigenvalue weighted by molar-refractivity contribution is 7.80. The molecule has 0 radical (unpaired) electrons. The van der Waals surface area contributed by atoms with Gasteiger partial charge in [-0.05, 0) is 32.0 Å². The first-order chi connectivity index (χ1) is 7.59. The first-order valence-corrected chi connectivity index (χ1v) is 6.57. The van der Waals surface area contributed by atoms with Crippen LogP contribution in [0.2, 0.25) is 5.02 Å². The first-order valence-electron chi connectivity index (χ1n) is 5.75. The zero-order valence-electron chi connectivity index (χ0n) is 11.0. The van der Waals surface area contributed by atoms with Gasteiger partial charge in [-0.15, -0.1) is 12.6 Å². The first kappa shape index (κ1) is 18.0. The van der Waals surface area contributed by atoms with Crippen molar-refractivity contribution in [3.05, 3.63) is 23.2 Å². The van der Waals surface area contributed by atoms with Crippen molar-refractivity contribution < 1.29 is 4.74 Å². The molecule has 0 fully saturated rings. The lowest BCUT2D eigenvalue weighted by Crippen LogP contribution is -2.05. The summed E-state index contributed by atoms with van der Waals surface area (Å²) in [5, 5.41) is 0.677. The second-order valence-electron chi connectivity index (χ2n) is 2.78. The molecule has 94 valence electrons. The van der Waals surface area contributed by atoms with E-state index in [1.165, 1.54) is 0 Å². The fraction of sp³-hybridized carbons (Fsp3) is 0.538. The Morgan fingerprint density at radius 3 is 2.00 bits per heavy atom. The van der Waals surface area contributed by atoms with Gasteiger partial charge in [-0.3, -0.25) is 0 Å². The summed E-state index contributed by atoms with van der Waals surface area (Å²) in [6.07, 6.45) is 0.164. The molecular formula is C13H23ClOS. The molecule has 0 aromatic heterocycles. The van der Waals surface area contributed by atoms with Gasteiger partial charge < -0.3 is 4.74 Å². The van der Waals surface area contributed by atoms with Gasteiger partial charge in [-0.25, -0.2) is 0 Å². The van der Waals surface area contributed by atoms with Gasteiger partial charge in [0.25, 0.3) is 0 Å². The summed E-state index contributed by atoms with van der Waals surface area (Å²) < 4.78 is 5.46. The molecule has 0 N–H and O–H groups in total. The molecule has 3 heteroatoms. The van der Waals surface area contributed by atoms with Crippen LogP contribution >= 0.6 is 24.2 Å². The van der Waals surface area contributed by atoms with Crippen LogP contribution in [0.25, 0.3) is 0 Å². The van der Waals surface area contributed by atoms with Crippen molar-refractivity contribution in [2.45, 2.75) is 52.5 Å². The van der Waals surface area contributed by atoms with Gasteiger partial charge >= 0.3 is 0 Å². The summed E-state index contributed by atoms with van der Waals surface area (Å²) in [7, 11) is 0. The van der Waals surface area contributed by atoms with Gasteiger partial charge in [0, 0.05) is 9.92 Å². The third-order valence-corrected chi connectivity index (χ3v) is 1.87. The van der Waals surface area contributed by atoms with Crippen molar-refractivity contribution >= 4 is 24.2 Å². The van der Waals surface area contributed by atoms with Gasteiger partial charge in [0.15, 0.2) is 0 Å². The van der Waals surface area contributed by atoms with E-state index in [2.05, 4.69) is 12.6 Å². The van der Waals surface area contributed by atoms with Crippen LogP contribution in [0.5, 0.6) is 5.75 Å². The van der Waals surface area contributed by atoms with Crippen LogP contribution in [0.15, 0.2) is 23.1 Å². The minimum Gasteiger partial charge on any atom is -0.490 e. The van der Waals surface area contributed by atoms with Gasteiger partial charge in [0.2, 0.25) is 0 Å². The molecule has 1 nitrogen and oxygen atoms in total. The second kappa shape index (κ2) is 11.2. The fourth-order valence-corrected chi connectivity index (χ4v) is 1.36. The minimum atomic E-state index is 0.164. The molecular weight excluding hydrogens is 240 g/mol. The average molecular weight is 263 g/mol. The van der Waals surface area contributed by atoms with Crippen LogP contribution in [0.1, 0.15) is 41.5 Å². The number of thiol groups is 1. The Hall–Kier alpha value is -0.340. The largest absolute Gasteiger partial charge is 0.490 e. The Labute approximate surface area is 111 Å². The average Bonchev–Trinajstić information content (AvgIpc) is 2.28. The fourth-order valence-electron chi connectivity index (χ4n) is 0.844. The van der Waals surface area contributed by atoms with E-state index in [4.69, 9.17) is 16.3 Å². The lowest BCUT2D eigenvalue weighted by atomic mass is 10.3. The van der Waals surface area contributed by atoms with Crippen LogP contribution in [0.3, 0.4) is 0 Å². The standard InChI is InChI=1S/C9H11ClOS.2C2H6/c1-6(2)11-8-4-3-7(10)5-9(8)12;2*1-2/h3-6,12H,1-2H3;2*1-2H3. The van der Waals surface area contributed by atoms with Crippen molar-refractivity contribution in [2.75, 3.05) is 0 Å². The normalized spacial score (nSPS) is 8.56. The van der Waals surface area contributed by atoms with E-state index in [0.717, 1.165) is 10.6 Å². The third-order valence-electron chi connectivity index (χ3n) is 1.28. The summed E-state index contributed by atoms with van der Waals surface area (Å²) in [5.41, 5.74) is 0. The van der Waals surface area contributed by atoms with Crippen LogP contribution in [0.4, 0.5) is 0 Å². The molecule has 1 aromatic carbocycles. The van der Waals surface area contributed by atoms with Crippen LogP contribution in [-0.2, 0) is 0 Å². The van der Waals surface area contributed by atoms with E-state index in [1.54, 1.807) is 12.1 Å². The zero-order valence-corrected chi connectivity index (χ0v) is 12.7. The molecule has 16 heavy (non-hydrogen) atoms. The molecule has 0 aliphatic heterocycles. The topological polar surface area (TPSA) is 9.23 Å². The van der Waals surface area contributed by atoms with Crippen molar-refractivity contribution in [1.29, 1.82) is 0 Å². The molecule has 0 heterocycles. The predicted octanol–water partition coefficient (Wildman–Crippen LogP) is 5.47. The highest BCUT2D eigenvalue weighted by Gasteiger charge is 2.02. The molecule has 0 saturated heterocycles. The highest BCUT2D eigenvalue weighted by Crippen LogP contribution is 2.26. The van der Waals surface area contributed by atoms with E-state index in [1.807, 2.05) is 47.6 Å². The molecule has 0 aliphatic rings. The van der Waals surface area contributed by atoms with Gasteiger partial charge in [-0.2, -0.15) is 0 Å². The monoisotopic (exact) mass is 262 g/mol. The minimum absolute atomic E-state index is 0.164. The lowest BCUT2D eigenvalue weighted by Gasteiger charge is -2.11. The molecule has 0 unspecified atom stereocenters. The van der Waals surface area contributed by atoms with Crippen LogP contribution in [-0.4, -0.2) is 6.10 Å². The summed E-state index contributed by atoms with van der Waals surface area (Å²) in [6, 6.07) is 5.38. The van der Waals surface area contributed by atoms with Gasteiger partial charge in [0.1, 0.15) is 5.75 Å². The van der Waals surface area contributed by atoms with Crippen LogP contribution < -0.4 is 4.74 Å². The molecule has 0 saturated carbocycles. The van der Waals surface area contributed by atoms with E-state index in [9.17, 15) is 0 Å². The number of rotatable bonds is 2. The Morgan fingerprint density at radius 1 is 1.12 bits per heavy atom. The Bertz CT molecular complexity index is 275. The maximum absolute atomic E-state index is 5.75. The SMILES string of the molecule is CC.CC.CC(C)Oc1ccc(Cl)cc1S. The lowest BCUT2D eigenvalue weighted by molar-refractivity contribution is 0.236. The number of benzene rings is 1. The quantitative estimate of drug-likeness (QED) is 0.696. The predicted molar refractivity (Wildman–Crippen MR) is 77.2 cm³/mol. The Balaban J connectivity index is 0. The molecule has 1 rings (SSSR count). The van der Waals surface area contributed by atoms with E-state index in [-0.39, 0.29) is 6.10 Å². The molecule has 1 aromatic rings. The smallest absolute Gasteiger partial charge is 0.133 e. The van der Waals surface area contributed by atoms with Crippen molar-refractivity contribution in [3.8, 4) is 5.75 Å². The number of hydrogen-bond acceptors (Lipinski definition) is 2. The molecule has 0 amide bonds. The van der Waals surface area contributed by atoms with Crippen LogP contribution in [0, 0.1) is 0 Å². The van der Waals surface area contributed by atoms with Crippen molar-refractivity contribution in [1.82, 2.24) is 0 Å². The maximum atomic E-state index is 5.75. The van der Waals surface area contributed by atoms with Gasteiger partial charge in [-0.1, -0.05) is 39.3 Å². The Morgan fingerprint density at radius 2 is 1.62 bits per heavy atom. The summed E-state index contributed by atoms with van der Waals surface area (Å²) in [6.45, 7) is 11.9. The maximum Gasteiger partial charge on any atom is 0.133 e. The third kappa shape index (κ3) is 7.89. The van der Waals surface area contributed by atoms with Crippen molar-refractivity contribution in [3.63, 3.8) is 0 Å². The summed E-state index contributed by atoms with van der Waals surface area (Å²) >= 11 is 9.98. The van der Waals surface area contributed by atoms with E-state index < -0.39 is 0 Å². The molecule has 0 bridgehead atoms. The van der Waals surface area contributed by atoms with Gasteiger partial charge in [0.05, 0.1) is 6.10 Å². The highest BCUT2D eigenvalue weighted by atomic mass is 35.5. The van der Waals surface area contributed by atoms with Crippen molar-refractivity contribution in [2.24, 2.45) is 0 Å². The molecule has 0 atom stereocenters. The zero-order chi connectivity index (χ0) is 13.1. The van der Waals surface area contributed by atoms with E-state index in [0.29, 0.717) is 5.02 Å². The number of hydrogen-bond donors (Lipinski definition) is 1. The Kier molecular flexibility index (Phi) is 12.6. The number of ether oxygens (including phenoxy) is 1. The second-order valence-corrected chi connectivity index (χ2v) is 3.70. The molecule has 0 aliphatic carbocycles. The number of halogens is 1. The summed E-state index contributed by atoms with van der Waals surface area (Å²) in [5.74, 6) is 0.776. The summed E-state index contributed by atoms with van der Waals surface area (Å²) in [4.78, 5) is 0.774.